The molecule has 19 heavy (non-hydrogen) atoms. The van der Waals surface area contributed by atoms with Gasteiger partial charge in [-0.15, -0.1) is 0 Å². The molecule has 0 saturated carbocycles. The van der Waals surface area contributed by atoms with Gasteiger partial charge >= 0.3 is 0 Å². The minimum Gasteiger partial charge on any atom is -0.342 e. The molecule has 2 rings (SSSR count). The zero-order chi connectivity index (χ0) is 14.2. The standard InChI is InChI=1S/C15H26N2O2/c1-11-6-5-7-16(9-11)14(19)12-8-13(18)17(10-12)15(2,3)4/h11-12H,5-10H2,1-4H3/t11-,12-/m0/s1. The van der Waals surface area contributed by atoms with Crippen molar-refractivity contribution in [1.82, 2.24) is 9.80 Å². The molecule has 0 spiro atoms. The van der Waals surface area contributed by atoms with Crippen LogP contribution < -0.4 is 0 Å². The average molecular weight is 266 g/mol. The second-order valence-electron chi connectivity index (χ2n) is 7.11. The number of likely N-dealkylation sites (tertiary alicyclic amines) is 2. The summed E-state index contributed by atoms with van der Waals surface area (Å²) in [6, 6.07) is 0. The Labute approximate surface area is 116 Å². The van der Waals surface area contributed by atoms with Gasteiger partial charge < -0.3 is 9.80 Å². The van der Waals surface area contributed by atoms with E-state index >= 15 is 0 Å². The number of carbonyl (C=O) groups excluding carboxylic acids is 2. The van der Waals surface area contributed by atoms with Crippen molar-refractivity contribution < 1.29 is 9.59 Å². The molecule has 0 unspecified atom stereocenters. The maximum atomic E-state index is 12.5. The first-order valence-electron chi connectivity index (χ1n) is 7.38. The highest BCUT2D eigenvalue weighted by molar-refractivity contribution is 5.89. The highest BCUT2D eigenvalue weighted by Gasteiger charge is 2.41. The molecule has 2 heterocycles. The number of piperidine rings is 1. The predicted octanol–water partition coefficient (Wildman–Crippen LogP) is 1.89. The normalized spacial score (nSPS) is 28.9. The lowest BCUT2D eigenvalue weighted by atomic mass is 9.98. The SMILES string of the molecule is C[C@H]1CCCN(C(=O)[C@H]2CC(=O)N(C(C)(C)C)C2)C1. The number of hydrogen-bond acceptors (Lipinski definition) is 2. The summed E-state index contributed by atoms with van der Waals surface area (Å²) in [7, 11) is 0. The average Bonchev–Trinajstić information content (AvgIpc) is 2.70. The summed E-state index contributed by atoms with van der Waals surface area (Å²) in [6.45, 7) is 10.6. The van der Waals surface area contributed by atoms with E-state index in [-0.39, 0.29) is 23.3 Å². The van der Waals surface area contributed by atoms with Crippen molar-refractivity contribution in [3.05, 3.63) is 0 Å². The molecule has 0 bridgehead atoms. The van der Waals surface area contributed by atoms with Crippen LogP contribution in [0.4, 0.5) is 0 Å². The smallest absolute Gasteiger partial charge is 0.228 e. The highest BCUT2D eigenvalue weighted by atomic mass is 16.2. The van der Waals surface area contributed by atoms with Gasteiger partial charge in [0.2, 0.25) is 11.8 Å². The summed E-state index contributed by atoms with van der Waals surface area (Å²) in [4.78, 5) is 28.4. The van der Waals surface area contributed by atoms with Gasteiger partial charge in [0.1, 0.15) is 0 Å². The first-order valence-corrected chi connectivity index (χ1v) is 7.38. The minimum atomic E-state index is -0.179. The monoisotopic (exact) mass is 266 g/mol. The fraction of sp³-hybridized carbons (Fsp3) is 0.867. The fourth-order valence-corrected chi connectivity index (χ4v) is 3.17. The first kappa shape index (κ1) is 14.4. The third kappa shape index (κ3) is 3.10. The van der Waals surface area contributed by atoms with Gasteiger partial charge in [-0.3, -0.25) is 9.59 Å². The van der Waals surface area contributed by atoms with E-state index in [2.05, 4.69) is 6.92 Å². The van der Waals surface area contributed by atoms with Gasteiger partial charge in [-0.1, -0.05) is 6.92 Å². The molecule has 2 aliphatic rings. The molecule has 0 aromatic heterocycles. The van der Waals surface area contributed by atoms with Crippen LogP contribution in [0, 0.1) is 11.8 Å². The van der Waals surface area contributed by atoms with E-state index in [1.54, 1.807) is 0 Å². The minimum absolute atomic E-state index is 0.121. The van der Waals surface area contributed by atoms with Crippen LogP contribution in [-0.4, -0.2) is 46.8 Å². The van der Waals surface area contributed by atoms with Gasteiger partial charge in [-0.25, -0.2) is 0 Å². The van der Waals surface area contributed by atoms with Gasteiger partial charge in [0.05, 0.1) is 5.92 Å². The molecule has 2 atom stereocenters. The zero-order valence-electron chi connectivity index (χ0n) is 12.6. The summed E-state index contributed by atoms with van der Waals surface area (Å²) in [5, 5.41) is 0. The molecule has 0 N–H and O–H groups in total. The molecule has 0 aliphatic carbocycles. The molecular weight excluding hydrogens is 240 g/mol. The molecular formula is C15H26N2O2. The summed E-state index contributed by atoms with van der Waals surface area (Å²) < 4.78 is 0. The summed E-state index contributed by atoms with van der Waals surface area (Å²) in [6.07, 6.45) is 2.69. The van der Waals surface area contributed by atoms with Gasteiger partial charge in [0, 0.05) is 31.6 Å². The molecule has 0 radical (unpaired) electrons. The Morgan fingerprint density at radius 1 is 1.26 bits per heavy atom. The van der Waals surface area contributed by atoms with Crippen LogP contribution in [0.25, 0.3) is 0 Å². The van der Waals surface area contributed by atoms with Crippen molar-refractivity contribution in [1.29, 1.82) is 0 Å². The molecule has 4 heteroatoms. The number of nitrogens with zero attached hydrogens (tertiary/aromatic N) is 2. The number of carbonyl (C=O) groups is 2. The van der Waals surface area contributed by atoms with Crippen LogP contribution in [0.15, 0.2) is 0 Å². The third-order valence-corrected chi connectivity index (χ3v) is 4.25. The third-order valence-electron chi connectivity index (χ3n) is 4.25. The molecule has 108 valence electrons. The van der Waals surface area contributed by atoms with Crippen molar-refractivity contribution in [3.8, 4) is 0 Å². The second kappa shape index (κ2) is 5.14. The van der Waals surface area contributed by atoms with Gasteiger partial charge in [-0.2, -0.15) is 0 Å². The first-order chi connectivity index (χ1) is 8.79. The van der Waals surface area contributed by atoms with E-state index < -0.39 is 0 Å². The quantitative estimate of drug-likeness (QED) is 0.727. The summed E-state index contributed by atoms with van der Waals surface area (Å²) in [5.41, 5.74) is -0.179. The van der Waals surface area contributed by atoms with Crippen molar-refractivity contribution in [2.45, 2.75) is 52.5 Å². The van der Waals surface area contributed by atoms with Crippen LogP contribution >= 0.6 is 0 Å². The fourth-order valence-electron chi connectivity index (χ4n) is 3.17. The maximum absolute atomic E-state index is 12.5. The van der Waals surface area contributed by atoms with Crippen molar-refractivity contribution in [2.75, 3.05) is 19.6 Å². The number of amides is 2. The Kier molecular flexibility index (Phi) is 3.88. The predicted molar refractivity (Wildman–Crippen MR) is 74.6 cm³/mol. The van der Waals surface area contributed by atoms with Crippen LogP contribution in [0.1, 0.15) is 47.0 Å². The lowest BCUT2D eigenvalue weighted by molar-refractivity contribution is -0.137. The van der Waals surface area contributed by atoms with Crippen molar-refractivity contribution in [3.63, 3.8) is 0 Å². The Hall–Kier alpha value is -1.06. The Bertz CT molecular complexity index is 373. The van der Waals surface area contributed by atoms with Gasteiger partial charge in [0.25, 0.3) is 0 Å². The van der Waals surface area contributed by atoms with Gasteiger partial charge in [-0.05, 0) is 39.5 Å². The van der Waals surface area contributed by atoms with Crippen LogP contribution in [0.3, 0.4) is 0 Å². The molecule has 2 fully saturated rings. The molecule has 4 nitrogen and oxygen atoms in total. The Balaban J connectivity index is 2.00. The molecule has 0 aromatic carbocycles. The lowest BCUT2D eigenvalue weighted by Crippen LogP contribution is -2.45. The van der Waals surface area contributed by atoms with E-state index in [4.69, 9.17) is 0 Å². The van der Waals surface area contributed by atoms with E-state index in [1.807, 2.05) is 30.6 Å². The largest absolute Gasteiger partial charge is 0.342 e. The van der Waals surface area contributed by atoms with Crippen LogP contribution in [0.2, 0.25) is 0 Å². The van der Waals surface area contributed by atoms with E-state index in [9.17, 15) is 9.59 Å². The van der Waals surface area contributed by atoms with Crippen LogP contribution in [0.5, 0.6) is 0 Å². The summed E-state index contributed by atoms with van der Waals surface area (Å²) in [5.74, 6) is 0.771. The molecule has 2 saturated heterocycles. The van der Waals surface area contributed by atoms with Crippen LogP contribution in [-0.2, 0) is 9.59 Å². The molecule has 2 amide bonds. The molecule has 0 aromatic rings. The lowest BCUT2D eigenvalue weighted by Gasteiger charge is -2.34. The van der Waals surface area contributed by atoms with Crippen molar-refractivity contribution in [2.24, 2.45) is 11.8 Å². The van der Waals surface area contributed by atoms with Gasteiger partial charge in [0.15, 0.2) is 0 Å². The number of rotatable bonds is 1. The Morgan fingerprint density at radius 3 is 2.47 bits per heavy atom. The zero-order valence-corrected chi connectivity index (χ0v) is 12.6. The van der Waals surface area contributed by atoms with Crippen molar-refractivity contribution >= 4 is 11.8 Å². The molecule has 2 aliphatic heterocycles. The Morgan fingerprint density at radius 2 is 1.95 bits per heavy atom. The second-order valence-corrected chi connectivity index (χ2v) is 7.11. The number of hydrogen-bond donors (Lipinski definition) is 0. The maximum Gasteiger partial charge on any atom is 0.228 e. The van der Waals surface area contributed by atoms with E-state index in [0.29, 0.717) is 18.9 Å². The van der Waals surface area contributed by atoms with E-state index in [1.165, 1.54) is 6.42 Å². The van der Waals surface area contributed by atoms with E-state index in [0.717, 1.165) is 19.5 Å². The highest BCUT2D eigenvalue weighted by Crippen LogP contribution is 2.28. The summed E-state index contributed by atoms with van der Waals surface area (Å²) >= 11 is 0. The topological polar surface area (TPSA) is 40.6 Å².